The van der Waals surface area contributed by atoms with E-state index in [0.29, 0.717) is 6.42 Å². The third-order valence-corrected chi connectivity index (χ3v) is 2.16. The van der Waals surface area contributed by atoms with Crippen LogP contribution in [0.25, 0.3) is 0 Å². The van der Waals surface area contributed by atoms with Gasteiger partial charge in [-0.05, 0) is 6.42 Å². The van der Waals surface area contributed by atoms with E-state index < -0.39 is 11.4 Å². The zero-order chi connectivity index (χ0) is 7.78. The van der Waals surface area contributed by atoms with Crippen molar-refractivity contribution < 1.29 is 20.1 Å². The van der Waals surface area contributed by atoms with Crippen molar-refractivity contribution in [1.29, 1.82) is 0 Å². The van der Waals surface area contributed by atoms with Crippen LogP contribution < -0.4 is 0 Å². The van der Waals surface area contributed by atoms with E-state index in [2.05, 4.69) is 0 Å². The van der Waals surface area contributed by atoms with Gasteiger partial charge in [0, 0.05) is 12.5 Å². The highest BCUT2D eigenvalue weighted by molar-refractivity contribution is 5.78. The largest absolute Gasteiger partial charge is 0.481 e. The van der Waals surface area contributed by atoms with Gasteiger partial charge in [-0.15, -0.1) is 0 Å². The molecule has 1 rings (SSSR count). The molecular formula is C6H10O4. The van der Waals surface area contributed by atoms with Crippen LogP contribution in [0.2, 0.25) is 0 Å². The molecule has 0 spiro atoms. The summed E-state index contributed by atoms with van der Waals surface area (Å²) in [6.45, 7) is -0.513. The molecule has 1 saturated carbocycles. The molecular weight excluding hydrogens is 136 g/mol. The molecule has 0 saturated heterocycles. The van der Waals surface area contributed by atoms with E-state index in [9.17, 15) is 4.79 Å². The van der Waals surface area contributed by atoms with Gasteiger partial charge < -0.3 is 15.3 Å². The maximum atomic E-state index is 10.4. The summed E-state index contributed by atoms with van der Waals surface area (Å²) in [5, 5.41) is 25.7. The van der Waals surface area contributed by atoms with E-state index in [0.717, 1.165) is 0 Å². The topological polar surface area (TPSA) is 77.8 Å². The van der Waals surface area contributed by atoms with E-state index in [1.54, 1.807) is 0 Å². The van der Waals surface area contributed by atoms with Gasteiger partial charge in [0.15, 0.2) is 0 Å². The average Bonchev–Trinajstić information content (AvgIpc) is 2.62. The number of hydrogen-bond acceptors (Lipinski definition) is 3. The molecule has 0 amide bonds. The zero-order valence-corrected chi connectivity index (χ0v) is 5.45. The van der Waals surface area contributed by atoms with Crippen molar-refractivity contribution in [2.45, 2.75) is 6.42 Å². The predicted octanol–water partition coefficient (Wildman–Crippen LogP) is -0.938. The highest BCUT2D eigenvalue weighted by Crippen LogP contribution is 2.51. The Morgan fingerprint density at radius 3 is 2.30 bits per heavy atom. The summed E-state index contributed by atoms with van der Waals surface area (Å²) in [6, 6.07) is 0. The Morgan fingerprint density at radius 2 is 2.20 bits per heavy atom. The number of rotatable bonds is 3. The predicted molar refractivity (Wildman–Crippen MR) is 32.3 cm³/mol. The van der Waals surface area contributed by atoms with Gasteiger partial charge >= 0.3 is 5.97 Å². The van der Waals surface area contributed by atoms with Gasteiger partial charge in [-0.25, -0.2) is 0 Å². The molecule has 0 unspecified atom stereocenters. The lowest BCUT2D eigenvalue weighted by Crippen LogP contribution is -2.22. The molecule has 0 bridgehead atoms. The summed E-state index contributed by atoms with van der Waals surface area (Å²) in [5.41, 5.74) is -1.02. The molecule has 2 atom stereocenters. The molecule has 1 aliphatic carbocycles. The molecule has 3 N–H and O–H groups in total. The van der Waals surface area contributed by atoms with Gasteiger partial charge in [0.05, 0.1) is 12.0 Å². The second-order valence-electron chi connectivity index (χ2n) is 2.70. The normalized spacial score (nSPS) is 37.6. The summed E-state index contributed by atoms with van der Waals surface area (Å²) >= 11 is 0. The van der Waals surface area contributed by atoms with Crippen molar-refractivity contribution in [3.05, 3.63) is 0 Å². The first-order valence-corrected chi connectivity index (χ1v) is 3.12. The van der Waals surface area contributed by atoms with E-state index in [4.69, 9.17) is 15.3 Å². The number of carbonyl (C=O) groups is 1. The molecule has 4 heteroatoms. The number of aliphatic carboxylic acids is 1. The van der Waals surface area contributed by atoms with Crippen molar-refractivity contribution >= 4 is 5.97 Å². The minimum Gasteiger partial charge on any atom is -0.481 e. The summed E-state index contributed by atoms with van der Waals surface area (Å²) < 4.78 is 0. The van der Waals surface area contributed by atoms with Crippen molar-refractivity contribution in [2.24, 2.45) is 11.3 Å². The minimum atomic E-state index is -1.02. The van der Waals surface area contributed by atoms with Crippen LogP contribution >= 0.6 is 0 Å². The Balaban J connectivity index is 2.59. The molecule has 58 valence electrons. The number of hydrogen-bond donors (Lipinski definition) is 3. The molecule has 0 aliphatic heterocycles. The van der Waals surface area contributed by atoms with Crippen LogP contribution in [-0.4, -0.2) is 34.5 Å². The Morgan fingerprint density at radius 1 is 1.60 bits per heavy atom. The Labute approximate surface area is 58.1 Å². The highest BCUT2D eigenvalue weighted by atomic mass is 16.4. The molecule has 0 aromatic rings. The number of aliphatic hydroxyl groups excluding tert-OH is 2. The van der Waals surface area contributed by atoms with Crippen LogP contribution in [0.15, 0.2) is 0 Å². The van der Waals surface area contributed by atoms with E-state index >= 15 is 0 Å². The molecule has 0 radical (unpaired) electrons. The molecule has 10 heavy (non-hydrogen) atoms. The highest BCUT2D eigenvalue weighted by Gasteiger charge is 2.59. The second-order valence-corrected chi connectivity index (χ2v) is 2.70. The van der Waals surface area contributed by atoms with Gasteiger partial charge in [-0.2, -0.15) is 0 Å². The van der Waals surface area contributed by atoms with Gasteiger partial charge in [0.1, 0.15) is 0 Å². The maximum absolute atomic E-state index is 10.4. The molecule has 1 aliphatic rings. The number of aliphatic hydroxyl groups is 2. The molecule has 1 fully saturated rings. The lowest BCUT2D eigenvalue weighted by Gasteiger charge is -2.05. The molecule has 0 aromatic heterocycles. The van der Waals surface area contributed by atoms with Gasteiger partial charge in [-0.1, -0.05) is 0 Å². The Kier molecular flexibility index (Phi) is 1.66. The standard InChI is InChI=1S/C6H10O4/c7-2-4-1-6(4,3-8)5(9)10/h4,7-8H,1-3H2,(H,9,10)/t4-,6-/m0/s1. The first kappa shape index (κ1) is 7.50. The SMILES string of the molecule is O=C(O)[C@]1(CO)C[C@H]1CO. The van der Waals surface area contributed by atoms with Gasteiger partial charge in [0.2, 0.25) is 0 Å². The summed E-state index contributed by atoms with van der Waals surface area (Å²) in [6.07, 6.45) is 0.398. The average molecular weight is 146 g/mol. The van der Waals surface area contributed by atoms with Crippen molar-refractivity contribution in [3.63, 3.8) is 0 Å². The molecule has 0 aromatic carbocycles. The van der Waals surface area contributed by atoms with E-state index in [1.807, 2.05) is 0 Å². The quantitative estimate of drug-likeness (QED) is 0.480. The summed E-state index contributed by atoms with van der Waals surface area (Å²) in [4.78, 5) is 10.4. The fourth-order valence-electron chi connectivity index (χ4n) is 1.14. The monoisotopic (exact) mass is 146 g/mol. The summed E-state index contributed by atoms with van der Waals surface area (Å²) in [5.74, 6) is -1.25. The fourth-order valence-corrected chi connectivity index (χ4v) is 1.14. The van der Waals surface area contributed by atoms with Crippen LogP contribution in [0.3, 0.4) is 0 Å². The van der Waals surface area contributed by atoms with Crippen molar-refractivity contribution in [3.8, 4) is 0 Å². The van der Waals surface area contributed by atoms with Crippen LogP contribution in [0.1, 0.15) is 6.42 Å². The van der Waals surface area contributed by atoms with E-state index in [-0.39, 0.29) is 19.1 Å². The summed E-state index contributed by atoms with van der Waals surface area (Å²) in [7, 11) is 0. The zero-order valence-electron chi connectivity index (χ0n) is 5.45. The van der Waals surface area contributed by atoms with Crippen LogP contribution in [0, 0.1) is 11.3 Å². The third kappa shape index (κ3) is 0.803. The first-order valence-electron chi connectivity index (χ1n) is 3.12. The number of carboxylic acid groups (broad SMARTS) is 1. The van der Waals surface area contributed by atoms with E-state index in [1.165, 1.54) is 0 Å². The van der Waals surface area contributed by atoms with Crippen molar-refractivity contribution in [2.75, 3.05) is 13.2 Å². The van der Waals surface area contributed by atoms with Gasteiger partial charge in [0.25, 0.3) is 0 Å². The number of carboxylic acids is 1. The molecule has 4 nitrogen and oxygen atoms in total. The second kappa shape index (κ2) is 2.21. The fraction of sp³-hybridized carbons (Fsp3) is 0.833. The molecule has 0 heterocycles. The van der Waals surface area contributed by atoms with Crippen LogP contribution in [-0.2, 0) is 4.79 Å². The smallest absolute Gasteiger partial charge is 0.312 e. The Hall–Kier alpha value is -0.610. The lowest BCUT2D eigenvalue weighted by molar-refractivity contribution is -0.145. The minimum absolute atomic E-state index is 0.146. The lowest BCUT2D eigenvalue weighted by atomic mass is 10.1. The van der Waals surface area contributed by atoms with Crippen LogP contribution in [0.5, 0.6) is 0 Å². The third-order valence-electron chi connectivity index (χ3n) is 2.16. The van der Waals surface area contributed by atoms with Crippen LogP contribution in [0.4, 0.5) is 0 Å². The first-order chi connectivity index (χ1) is 4.67. The van der Waals surface area contributed by atoms with Crippen molar-refractivity contribution in [1.82, 2.24) is 0 Å². The van der Waals surface area contributed by atoms with Gasteiger partial charge in [-0.3, -0.25) is 4.79 Å². The maximum Gasteiger partial charge on any atom is 0.312 e. The Bertz CT molecular complexity index is 156.